The summed E-state index contributed by atoms with van der Waals surface area (Å²) >= 11 is 0. The molecule has 3 nitrogen and oxygen atoms in total. The number of piperidine rings is 1. The zero-order valence-electron chi connectivity index (χ0n) is 9.51. The third-order valence-electron chi connectivity index (χ3n) is 3.42. The number of hydrogen-bond donors (Lipinski definition) is 0. The minimum atomic E-state index is -5.08. The van der Waals surface area contributed by atoms with Crippen molar-refractivity contribution in [3.8, 4) is 0 Å². The molecule has 0 aromatic heterocycles. The van der Waals surface area contributed by atoms with E-state index in [1.54, 1.807) is 4.90 Å². The highest BCUT2D eigenvalue weighted by Crippen LogP contribution is 2.34. The summed E-state index contributed by atoms with van der Waals surface area (Å²) in [6.45, 7) is -0.317. The van der Waals surface area contributed by atoms with Gasteiger partial charge in [-0.1, -0.05) is 0 Å². The van der Waals surface area contributed by atoms with Crippen molar-refractivity contribution in [2.24, 2.45) is 0 Å². The van der Waals surface area contributed by atoms with Crippen molar-refractivity contribution >= 4 is 5.91 Å². The van der Waals surface area contributed by atoms with Crippen LogP contribution in [0.25, 0.3) is 0 Å². The molecule has 1 unspecified atom stereocenters. The summed E-state index contributed by atoms with van der Waals surface area (Å²) in [6, 6.07) is -1.04. The van der Waals surface area contributed by atoms with E-state index in [1.807, 2.05) is 0 Å². The molecule has 2 saturated heterocycles. The van der Waals surface area contributed by atoms with Gasteiger partial charge < -0.3 is 4.90 Å². The number of rotatable bonds is 1. The summed E-state index contributed by atoms with van der Waals surface area (Å²) in [5, 5.41) is 0. The molecule has 8 heteroatoms. The number of alkyl halides is 5. The molecule has 0 aliphatic carbocycles. The summed E-state index contributed by atoms with van der Waals surface area (Å²) in [6.07, 6.45) is -4.37. The molecule has 1 amide bonds. The van der Waals surface area contributed by atoms with Crippen molar-refractivity contribution in [2.75, 3.05) is 26.2 Å². The van der Waals surface area contributed by atoms with Crippen LogP contribution >= 0.6 is 0 Å². The van der Waals surface area contributed by atoms with Gasteiger partial charge in [0.05, 0.1) is 12.6 Å². The second kappa shape index (κ2) is 4.32. The Morgan fingerprint density at radius 1 is 1.17 bits per heavy atom. The largest absolute Gasteiger partial charge is 0.471 e. The predicted molar refractivity (Wildman–Crippen MR) is 52.2 cm³/mol. The molecule has 18 heavy (non-hydrogen) atoms. The van der Waals surface area contributed by atoms with Crippen LogP contribution in [-0.4, -0.2) is 60.0 Å². The number of hydrogen-bond acceptors (Lipinski definition) is 2. The molecule has 2 aliphatic rings. The Kier molecular flexibility index (Phi) is 3.25. The molecule has 2 fully saturated rings. The lowest BCUT2D eigenvalue weighted by atomic mass is 9.96. The van der Waals surface area contributed by atoms with Crippen LogP contribution in [0.15, 0.2) is 0 Å². The number of amides is 1. The summed E-state index contributed by atoms with van der Waals surface area (Å²) in [4.78, 5) is 12.7. The van der Waals surface area contributed by atoms with E-state index in [9.17, 15) is 26.7 Å². The van der Waals surface area contributed by atoms with Gasteiger partial charge in [0.1, 0.15) is 0 Å². The van der Waals surface area contributed by atoms with Gasteiger partial charge >= 0.3 is 12.1 Å². The van der Waals surface area contributed by atoms with E-state index in [4.69, 9.17) is 0 Å². The Balaban J connectivity index is 2.03. The highest BCUT2D eigenvalue weighted by Gasteiger charge is 2.53. The summed E-state index contributed by atoms with van der Waals surface area (Å²) < 4.78 is 64.0. The topological polar surface area (TPSA) is 23.6 Å². The second-order valence-electron chi connectivity index (χ2n) is 4.68. The van der Waals surface area contributed by atoms with E-state index in [0.717, 1.165) is 6.42 Å². The van der Waals surface area contributed by atoms with Crippen LogP contribution in [0.5, 0.6) is 0 Å². The van der Waals surface area contributed by atoms with Gasteiger partial charge in [0.15, 0.2) is 0 Å². The van der Waals surface area contributed by atoms with Gasteiger partial charge in [-0.25, -0.2) is 8.78 Å². The van der Waals surface area contributed by atoms with Gasteiger partial charge in [0, 0.05) is 6.54 Å². The van der Waals surface area contributed by atoms with E-state index >= 15 is 0 Å². The van der Waals surface area contributed by atoms with Crippen molar-refractivity contribution < 1.29 is 26.7 Å². The lowest BCUT2D eigenvalue weighted by Crippen LogP contribution is -2.63. The smallest absolute Gasteiger partial charge is 0.329 e. The zero-order valence-corrected chi connectivity index (χ0v) is 9.51. The highest BCUT2D eigenvalue weighted by atomic mass is 19.4. The molecule has 0 radical (unpaired) electrons. The molecule has 0 aromatic carbocycles. The molecule has 104 valence electrons. The van der Waals surface area contributed by atoms with Crippen molar-refractivity contribution in [1.29, 1.82) is 0 Å². The first-order valence-corrected chi connectivity index (χ1v) is 5.70. The molecule has 0 aromatic rings. The van der Waals surface area contributed by atoms with Gasteiger partial charge in [-0.3, -0.25) is 9.69 Å². The number of nitrogens with zero attached hydrogens (tertiary/aromatic N) is 2. The molecule has 2 aliphatic heterocycles. The Bertz CT molecular complexity index is 340. The summed E-state index contributed by atoms with van der Waals surface area (Å²) in [5.41, 5.74) is 0. The van der Waals surface area contributed by atoms with E-state index in [2.05, 4.69) is 0 Å². The normalized spacial score (nSPS) is 28.9. The maximum Gasteiger partial charge on any atom is 0.471 e. The van der Waals surface area contributed by atoms with Crippen LogP contribution in [0.3, 0.4) is 0 Å². The molecule has 0 spiro atoms. The molecular weight excluding hydrogens is 259 g/mol. The average Bonchev–Trinajstić information content (AvgIpc) is 2.15. The zero-order chi connectivity index (χ0) is 13.6. The Hall–Kier alpha value is -0.920. The molecule has 0 bridgehead atoms. The fourth-order valence-electron chi connectivity index (χ4n) is 2.38. The van der Waals surface area contributed by atoms with E-state index < -0.39 is 30.6 Å². The third-order valence-corrected chi connectivity index (χ3v) is 3.42. The first-order chi connectivity index (χ1) is 8.22. The Morgan fingerprint density at radius 3 is 2.17 bits per heavy atom. The summed E-state index contributed by atoms with van der Waals surface area (Å²) in [5.74, 6) is -5.45. The molecule has 2 heterocycles. The summed E-state index contributed by atoms with van der Waals surface area (Å²) in [7, 11) is 0. The highest BCUT2D eigenvalue weighted by molar-refractivity contribution is 5.82. The van der Waals surface area contributed by atoms with E-state index in [-0.39, 0.29) is 17.9 Å². The number of carbonyl (C=O) groups is 1. The quantitative estimate of drug-likeness (QED) is 0.675. The van der Waals surface area contributed by atoms with Crippen LogP contribution in [0.4, 0.5) is 22.0 Å². The maximum absolute atomic E-state index is 13.7. The maximum atomic E-state index is 13.7. The van der Waals surface area contributed by atoms with Crippen molar-refractivity contribution in [3.63, 3.8) is 0 Å². The van der Waals surface area contributed by atoms with Crippen LogP contribution in [0.1, 0.15) is 12.8 Å². The van der Waals surface area contributed by atoms with Crippen molar-refractivity contribution in [2.45, 2.75) is 31.0 Å². The average molecular weight is 272 g/mol. The van der Waals surface area contributed by atoms with Gasteiger partial charge in [0.25, 0.3) is 5.92 Å². The third kappa shape index (κ3) is 2.43. The minimum absolute atomic E-state index is 0.116. The van der Waals surface area contributed by atoms with Crippen LogP contribution in [0, 0.1) is 0 Å². The SMILES string of the molecule is O=C(N1CCC(N2CCC2)C(F)(F)C1)C(F)(F)F. The number of carbonyl (C=O) groups excluding carboxylic acids is 1. The Labute approximate surface area is 101 Å². The molecule has 0 N–H and O–H groups in total. The number of likely N-dealkylation sites (tertiary alicyclic amines) is 2. The standard InChI is InChI=1S/C10H13F5N2O/c11-9(12)6-17(8(18)10(13,14)15)5-2-7(9)16-3-1-4-16/h7H,1-6H2. The molecular formula is C10H13F5N2O. The van der Waals surface area contributed by atoms with Gasteiger partial charge in [-0.15, -0.1) is 0 Å². The van der Waals surface area contributed by atoms with E-state index in [1.165, 1.54) is 0 Å². The van der Waals surface area contributed by atoms with Gasteiger partial charge in [0.2, 0.25) is 0 Å². The van der Waals surface area contributed by atoms with Crippen LogP contribution in [0.2, 0.25) is 0 Å². The monoisotopic (exact) mass is 272 g/mol. The fraction of sp³-hybridized carbons (Fsp3) is 0.900. The van der Waals surface area contributed by atoms with Gasteiger partial charge in [-0.05, 0) is 25.9 Å². The van der Waals surface area contributed by atoms with Gasteiger partial charge in [-0.2, -0.15) is 13.2 Å². The molecule has 2 rings (SSSR count). The minimum Gasteiger partial charge on any atom is -0.329 e. The fourth-order valence-corrected chi connectivity index (χ4v) is 2.38. The first kappa shape index (κ1) is 13.5. The van der Waals surface area contributed by atoms with E-state index in [0.29, 0.717) is 13.1 Å². The Morgan fingerprint density at radius 2 is 1.78 bits per heavy atom. The molecule has 1 atom stereocenters. The van der Waals surface area contributed by atoms with Crippen molar-refractivity contribution in [1.82, 2.24) is 9.80 Å². The first-order valence-electron chi connectivity index (χ1n) is 5.70. The lowest BCUT2D eigenvalue weighted by molar-refractivity contribution is -0.199. The number of halogens is 5. The van der Waals surface area contributed by atoms with Crippen LogP contribution < -0.4 is 0 Å². The second-order valence-corrected chi connectivity index (χ2v) is 4.68. The van der Waals surface area contributed by atoms with Crippen molar-refractivity contribution in [3.05, 3.63) is 0 Å². The predicted octanol–water partition coefficient (Wildman–Crippen LogP) is 1.49. The lowest BCUT2D eigenvalue weighted by Gasteiger charge is -2.46. The van der Waals surface area contributed by atoms with Crippen LogP contribution in [-0.2, 0) is 4.79 Å². The molecule has 0 saturated carbocycles.